The van der Waals surface area contributed by atoms with Gasteiger partial charge in [-0.25, -0.2) is 27.4 Å². The van der Waals surface area contributed by atoms with Gasteiger partial charge in [-0.3, -0.25) is 13.5 Å². The van der Waals surface area contributed by atoms with Crippen molar-refractivity contribution in [3.05, 3.63) is 103 Å². The van der Waals surface area contributed by atoms with Gasteiger partial charge in [0.15, 0.2) is 27.9 Å². The molecular weight excluding hydrogens is 973 g/mol. The van der Waals surface area contributed by atoms with E-state index < -0.39 is 52.1 Å². The van der Waals surface area contributed by atoms with Crippen molar-refractivity contribution in [3.8, 4) is 5.75 Å². The molecule has 11 N–H and O–H groups in total. The molecule has 0 saturated heterocycles. The third kappa shape index (κ3) is 12.3. The smallest absolute Gasteiger partial charge is 0.296 e. The molecule has 6 rings (SSSR count). The van der Waals surface area contributed by atoms with Crippen molar-refractivity contribution in [1.29, 1.82) is 0 Å². The van der Waals surface area contributed by atoms with Crippen LogP contribution in [0.2, 0.25) is 0 Å². The summed E-state index contributed by atoms with van der Waals surface area (Å²) in [5.74, 6) is -1.36. The van der Waals surface area contributed by atoms with E-state index in [4.69, 9.17) is 31.9 Å². The minimum atomic E-state index is -5.13. The third-order valence-electron chi connectivity index (χ3n) is 8.61. The quantitative estimate of drug-likeness (QED) is 0.00673. The summed E-state index contributed by atoms with van der Waals surface area (Å²) in [5.41, 5.74) is 18.6. The number of nitrogen functional groups attached to an aromatic ring is 3. The predicted octanol–water partition coefficient (Wildman–Crippen LogP) is 8.79. The van der Waals surface area contributed by atoms with E-state index in [0.717, 1.165) is 6.07 Å². The van der Waals surface area contributed by atoms with Crippen LogP contribution in [0.25, 0.3) is 10.8 Å². The number of aromatic hydroxyl groups is 1. The molecular formula is C36H32N10O15S5. The normalized spacial score (nSPS) is 12.5. The Bertz CT molecular complexity index is 3170. The van der Waals surface area contributed by atoms with Crippen LogP contribution in [0, 0.1) is 0 Å². The van der Waals surface area contributed by atoms with Crippen LogP contribution in [0.1, 0.15) is 0 Å². The molecule has 6 aromatic carbocycles. The number of hydrogen-bond donors (Lipinski definition) is 8. The Balaban J connectivity index is 1.24. The molecule has 0 fully saturated rings. The Hall–Kier alpha value is -6.39. The molecule has 0 unspecified atom stereocenters. The van der Waals surface area contributed by atoms with Crippen LogP contribution in [-0.4, -0.2) is 57.8 Å². The van der Waals surface area contributed by atoms with Gasteiger partial charge in [0.1, 0.15) is 22.0 Å². The van der Waals surface area contributed by atoms with Gasteiger partial charge in [-0.15, -0.1) is 24.0 Å². The van der Waals surface area contributed by atoms with Crippen molar-refractivity contribution in [2.75, 3.05) is 34.3 Å². The number of nitrogens with zero attached hydrogens (tertiary/aromatic N) is 6. The van der Waals surface area contributed by atoms with Crippen LogP contribution in [0.4, 0.5) is 56.9 Å². The number of rotatable bonds is 20. The standard InChI is InChI=1S/C36H32N10O15S5/c37-21-1-14-29(28(38)19-21)43-40-22-2-4-25(5-3-22)46-65(52,53)27-12-8-24(9-13-27)42-45-35-31(66(54,55)56)18-20-17-30(62-60-58-48)34(33(39)32(20)36(35)47)44-41-23-6-10-26(11-7-23)64(50,51)16-15-57-63-61-59-49/h1-14,17-19,46-49H,15-16,37-39H2,(H,54,55,56)/b43-40+,44-41+,45-42+. The second-order valence-corrected chi connectivity index (χ2v) is 19.3. The van der Waals surface area contributed by atoms with E-state index in [0.29, 0.717) is 34.8 Å². The van der Waals surface area contributed by atoms with Crippen LogP contribution in [0.15, 0.2) is 153 Å². The summed E-state index contributed by atoms with van der Waals surface area (Å²) >= 11 is 0.554. The van der Waals surface area contributed by atoms with Gasteiger partial charge >= 0.3 is 0 Å². The molecule has 0 atom stereocenters. The fourth-order valence-electron chi connectivity index (χ4n) is 5.56. The van der Waals surface area contributed by atoms with E-state index in [1.165, 1.54) is 84.9 Å². The third-order valence-corrected chi connectivity index (χ3v) is 13.6. The molecule has 0 aliphatic rings. The minimum Gasteiger partial charge on any atom is -0.505 e. The highest BCUT2D eigenvalue weighted by atomic mass is 32.2. The molecule has 0 saturated carbocycles. The number of phenolic OH excluding ortho intramolecular Hbond substituents is 1. The summed E-state index contributed by atoms with van der Waals surface area (Å²) in [4.78, 5) is -1.29. The zero-order chi connectivity index (χ0) is 47.6. The van der Waals surface area contributed by atoms with Crippen molar-refractivity contribution in [1.82, 2.24) is 0 Å². The highest BCUT2D eigenvalue weighted by molar-refractivity contribution is 7.94. The van der Waals surface area contributed by atoms with Gasteiger partial charge in [0.05, 0.1) is 72.9 Å². The minimum absolute atomic E-state index is 0.0181. The van der Waals surface area contributed by atoms with E-state index >= 15 is 0 Å². The average Bonchev–Trinajstić information content (AvgIpc) is 3.27. The van der Waals surface area contributed by atoms with Crippen LogP contribution < -0.4 is 21.9 Å². The van der Waals surface area contributed by atoms with Gasteiger partial charge in [-0.2, -0.15) is 23.8 Å². The topological polar surface area (TPSA) is 394 Å². The lowest BCUT2D eigenvalue weighted by Crippen LogP contribution is -2.12. The number of anilines is 4. The second-order valence-electron chi connectivity index (χ2n) is 12.9. The zero-order valence-corrected chi connectivity index (χ0v) is 37.0. The molecule has 25 nitrogen and oxygen atoms in total. The molecule has 0 aliphatic carbocycles. The summed E-state index contributed by atoms with van der Waals surface area (Å²) in [6.07, 6.45) is 0. The molecule has 0 bridgehead atoms. The molecule has 66 heavy (non-hydrogen) atoms. The van der Waals surface area contributed by atoms with Crippen LogP contribution >= 0.6 is 24.4 Å². The summed E-state index contributed by atoms with van der Waals surface area (Å²) in [6.45, 7) is -0.322. The number of phenols is 1. The molecule has 6 aromatic rings. The summed E-state index contributed by atoms with van der Waals surface area (Å²) in [5, 5.41) is 59.2. The van der Waals surface area contributed by atoms with Crippen molar-refractivity contribution >= 4 is 122 Å². The maximum Gasteiger partial charge on any atom is 0.296 e. The molecule has 0 amide bonds. The van der Waals surface area contributed by atoms with Crippen LogP contribution in [-0.2, 0) is 52.9 Å². The highest BCUT2D eigenvalue weighted by Gasteiger charge is 2.26. The first-order valence-electron chi connectivity index (χ1n) is 17.9. The fourth-order valence-corrected chi connectivity index (χ4v) is 9.20. The van der Waals surface area contributed by atoms with Crippen molar-refractivity contribution < 1.29 is 68.4 Å². The number of azo groups is 3. The number of hydrogen-bond acceptors (Lipinski definition) is 25. The Morgan fingerprint density at radius 1 is 0.652 bits per heavy atom. The molecule has 0 radical (unpaired) electrons. The Morgan fingerprint density at radius 2 is 1.23 bits per heavy atom. The maximum atomic E-state index is 13.2. The van der Waals surface area contributed by atoms with Crippen molar-refractivity contribution in [3.63, 3.8) is 0 Å². The molecule has 0 spiro atoms. The number of benzene rings is 6. The fraction of sp³-hybridized carbons (Fsp3) is 0.0556. The van der Waals surface area contributed by atoms with Gasteiger partial charge in [-0.05, 0) is 109 Å². The van der Waals surface area contributed by atoms with Gasteiger partial charge in [0.25, 0.3) is 20.1 Å². The predicted molar refractivity (Wildman–Crippen MR) is 239 cm³/mol. The second kappa shape index (κ2) is 21.3. The highest BCUT2D eigenvalue weighted by Crippen LogP contribution is 2.49. The lowest BCUT2D eigenvalue weighted by molar-refractivity contribution is -0.434. The largest absolute Gasteiger partial charge is 0.505 e. The number of sulfone groups is 1. The number of nitrogens with two attached hydrogens (primary N) is 3. The van der Waals surface area contributed by atoms with Gasteiger partial charge in [-0.1, -0.05) is 10.1 Å². The summed E-state index contributed by atoms with van der Waals surface area (Å²) in [7, 11) is -13.1. The molecule has 30 heteroatoms. The first-order chi connectivity index (χ1) is 31.4. The molecule has 0 aliphatic heterocycles. The molecule has 0 aromatic heterocycles. The van der Waals surface area contributed by atoms with Crippen molar-refractivity contribution in [2.24, 2.45) is 30.7 Å². The van der Waals surface area contributed by atoms with Crippen LogP contribution in [0.3, 0.4) is 0 Å². The Labute approximate surface area is 382 Å². The first-order valence-corrected chi connectivity index (χ1v) is 23.9. The van der Waals surface area contributed by atoms with Crippen molar-refractivity contribution in [2.45, 2.75) is 19.6 Å². The number of nitrogens with one attached hydrogen (secondary N) is 1. The SMILES string of the molecule is Nc1ccc(/N=N/c2ccc(NS(=O)(=O)c3ccc(/N=N/c4c(S(=O)(=O)O)cc5cc(SOOO)c(/N=N/c6ccc(S(=O)(=O)CCOSOOO)cc6)c(N)c5c4O)cc3)cc2)c(N)c1. The monoisotopic (exact) mass is 1000 g/mol. The summed E-state index contributed by atoms with van der Waals surface area (Å²) < 4.78 is 103. The average molecular weight is 1010 g/mol. The molecule has 0 heterocycles. The Morgan fingerprint density at radius 3 is 1.82 bits per heavy atom. The van der Waals surface area contributed by atoms with Gasteiger partial charge in [0, 0.05) is 11.4 Å². The van der Waals surface area contributed by atoms with E-state index in [1.807, 2.05) is 0 Å². The van der Waals surface area contributed by atoms with E-state index in [-0.39, 0.29) is 72.8 Å². The van der Waals surface area contributed by atoms with E-state index in [2.05, 4.69) is 54.2 Å². The zero-order valence-electron chi connectivity index (χ0n) is 33.0. The van der Waals surface area contributed by atoms with E-state index in [1.54, 1.807) is 12.1 Å². The Kier molecular flexibility index (Phi) is 15.8. The van der Waals surface area contributed by atoms with E-state index in [9.17, 15) is 34.9 Å². The molecule has 346 valence electrons. The first kappa shape index (κ1) is 49.1. The van der Waals surface area contributed by atoms with Crippen LogP contribution in [0.5, 0.6) is 5.75 Å². The summed E-state index contributed by atoms with van der Waals surface area (Å²) in [6, 6.07) is 22.7. The number of fused-ring (bicyclic) bond motifs is 1. The number of sulfonamides is 1. The lowest BCUT2D eigenvalue weighted by atomic mass is 10.1. The van der Waals surface area contributed by atoms with Gasteiger partial charge in [0.2, 0.25) is 0 Å². The maximum absolute atomic E-state index is 13.2. The lowest BCUT2D eigenvalue weighted by Gasteiger charge is -2.14. The van der Waals surface area contributed by atoms with Gasteiger partial charge < -0.3 is 22.3 Å².